The number of ether oxygens (including phenoxy) is 11. The molecule has 4 atom stereocenters. The Labute approximate surface area is 814 Å². The zero-order valence-electron chi connectivity index (χ0n) is 89.9. The number of phenolic OH excluding ortho intramolecular Hbond substituents is 1. The van der Waals surface area contributed by atoms with Gasteiger partial charge >= 0.3 is 51.4 Å². The van der Waals surface area contributed by atoms with Crippen LogP contribution < -0.4 is 94.0 Å². The summed E-state index contributed by atoms with van der Waals surface area (Å²) in [5.41, 5.74) is 9.24. The third-order valence-corrected chi connectivity index (χ3v) is 18.8. The molecule has 0 aliphatic rings. The molecule has 0 bridgehead atoms. The fourth-order valence-electron chi connectivity index (χ4n) is 8.64. The third-order valence-electron chi connectivity index (χ3n) is 18.4. The minimum absolute atomic E-state index is 0. The van der Waals surface area contributed by atoms with Gasteiger partial charge in [-0.1, -0.05) is 197 Å². The first-order valence-electron chi connectivity index (χ1n) is 44.7. The number of hydrogen-bond donors (Lipinski definition) is 4. The maximum atomic E-state index is 9.97. The minimum Gasteiger partial charge on any atom is -1.00 e. The number of phenols is 1. The van der Waals surface area contributed by atoms with E-state index >= 15 is 0 Å². The molecule has 124 heavy (non-hydrogen) atoms. The van der Waals surface area contributed by atoms with Gasteiger partial charge in [0, 0.05) is 26.1 Å². The number of thiol groups is 1. The average molecular weight is 1790 g/mol. The van der Waals surface area contributed by atoms with Crippen LogP contribution in [0.3, 0.4) is 0 Å². The van der Waals surface area contributed by atoms with E-state index in [4.69, 9.17) is 57.2 Å². The van der Waals surface area contributed by atoms with E-state index in [9.17, 15) is 10.2 Å². The molecule has 15 nitrogen and oxygen atoms in total. The summed E-state index contributed by atoms with van der Waals surface area (Å²) in [7, 11) is 4.46. The van der Waals surface area contributed by atoms with Crippen molar-refractivity contribution in [2.75, 3.05) is 54.4 Å². The van der Waals surface area contributed by atoms with Crippen molar-refractivity contribution in [3.05, 3.63) is 190 Å². The van der Waals surface area contributed by atoms with E-state index in [-0.39, 0.29) is 104 Å². The second-order valence-electron chi connectivity index (χ2n) is 31.2. The van der Waals surface area contributed by atoms with Crippen LogP contribution in [-0.2, 0) is 9.47 Å². The van der Waals surface area contributed by atoms with Crippen molar-refractivity contribution in [2.24, 2.45) is 11.3 Å². The second kappa shape index (κ2) is 83.0. The first kappa shape index (κ1) is 141. The van der Waals surface area contributed by atoms with Crippen LogP contribution in [0, 0.1) is 80.6 Å². The van der Waals surface area contributed by atoms with Crippen LogP contribution in [0.1, 0.15) is 312 Å². The molecule has 0 saturated heterocycles. The Bertz CT molecular complexity index is 3210. The first-order valence-corrected chi connectivity index (χ1v) is 45.2. The van der Waals surface area contributed by atoms with Gasteiger partial charge in [0.15, 0.2) is 0 Å². The molecular weight excluding hydrogens is 1600 g/mol. The summed E-state index contributed by atoms with van der Waals surface area (Å²) in [6.07, 6.45) is 24.0. The fourth-order valence-corrected chi connectivity index (χ4v) is 8.69. The summed E-state index contributed by atoms with van der Waals surface area (Å²) in [6.45, 7) is 97.2. The van der Waals surface area contributed by atoms with E-state index in [0.717, 1.165) is 114 Å². The summed E-state index contributed by atoms with van der Waals surface area (Å²) in [5.74, 6) is 8.85. The van der Waals surface area contributed by atoms with Gasteiger partial charge in [0.2, 0.25) is 0 Å². The number of unbranched alkanes of at least 4 members (excludes halogenated alkanes) is 1. The molecule has 4 unspecified atom stereocenters. The summed E-state index contributed by atoms with van der Waals surface area (Å²) >= 11 is 4.57. The van der Waals surface area contributed by atoms with Gasteiger partial charge in [-0.15, -0.1) is 6.58 Å². The van der Waals surface area contributed by atoms with Crippen LogP contribution >= 0.6 is 12.6 Å². The molecule has 0 aliphatic heterocycles. The Morgan fingerprint density at radius 2 is 0.548 bits per heavy atom. The molecular formula is C107H193KO15S. The summed E-state index contributed by atoms with van der Waals surface area (Å²) in [6, 6.07) is 19.7. The van der Waals surface area contributed by atoms with E-state index in [2.05, 4.69) is 116 Å². The van der Waals surface area contributed by atoms with Gasteiger partial charge in [-0.05, 0) is 321 Å². The van der Waals surface area contributed by atoms with Gasteiger partial charge in [0.05, 0.1) is 16.8 Å². The van der Waals surface area contributed by atoms with Gasteiger partial charge in [-0.25, -0.2) is 0 Å². The number of benzene rings is 5. The molecule has 5 N–H and O–H groups in total. The number of aromatic hydroxyl groups is 1. The largest absolute Gasteiger partial charge is 1.00 e. The molecule has 0 saturated carbocycles. The van der Waals surface area contributed by atoms with Crippen molar-refractivity contribution >= 4 is 12.6 Å². The van der Waals surface area contributed by atoms with Crippen molar-refractivity contribution in [2.45, 2.75) is 370 Å². The van der Waals surface area contributed by atoms with Crippen molar-refractivity contribution in [1.82, 2.24) is 0 Å². The minimum atomic E-state index is -0.875. The topological polar surface area (TPSA) is 194 Å². The number of aliphatic hydroxyl groups excluding tert-OH is 1. The van der Waals surface area contributed by atoms with Crippen molar-refractivity contribution < 1.29 is 126 Å². The molecule has 0 aromatic heterocycles. The predicted octanol–water partition coefficient (Wildman–Crippen LogP) is 27.1. The second-order valence-corrected chi connectivity index (χ2v) is 32.4. The molecule has 5 aromatic carbocycles. The number of methoxy groups -OCH3 is 2. The maximum Gasteiger partial charge on any atom is 1.00 e. The van der Waals surface area contributed by atoms with Crippen LogP contribution in [-0.4, -0.2) is 121 Å². The average Bonchev–Trinajstić information content (AvgIpc) is 0.842. The Morgan fingerprint density at radius 3 is 0.702 bits per heavy atom. The summed E-state index contributed by atoms with van der Waals surface area (Å²) in [5, 5.41) is 26.5. The molecule has 718 valence electrons. The molecule has 17 heteroatoms. The standard InChI is InChI=1S/C18H28O3.C18H28O2.C17H26O3.C17H26O2S.C12H16O2.C7H16O.C4H10.C3H6.5C2H6.CH4O.K.H2O.H/c1-8-9-10-20-16-11-13(2)17(14(3)12-16)21-15(4)18(5,6)19-7;1-8-9-10-19-16-11-13(2)17(14(3)12-16)20-15(4)18(5,6)7;1-7-8-9-19-15-10-12(2)16(13(3)11-15)20-14(4)17(5,6)18;1-7-8-9-18-15-10-12(2)16(13(3)11-15)19-14(4)17(5,6)20;1-4-5-6-14-11-7-9(2)12(13)10(3)8-11;1-6(2)7(3,4)8-5;1-3-4-2;1-3-2;6*1-2;;;/h8-9,11-12,15H,10H2,1-7H3;8-9,11-12,15H,10H2,1-7H3;7-8,10-11,14,18H,9H2,1-6H3;7-8,10-11,14,20H,9H2,1-6H3;4-5,7-8,13H,6H2,1-3H3;6H,1-5H3;3-4H2,1-2H3;3H,1H2,2H3;5*1-2H3;2H,1H3;;1H2;/q;;;;;;;;;;;;;;+1;;-1/b2*9-8+;2*8-7+;5-4+;;;;;;;;;;;;. The van der Waals surface area contributed by atoms with Crippen molar-refractivity contribution in [3.8, 4) is 57.5 Å². The zero-order chi connectivity index (χ0) is 97.5. The monoisotopic (exact) mass is 1790 g/mol. The molecule has 5 rings (SSSR count). The van der Waals surface area contributed by atoms with Crippen LogP contribution in [0.25, 0.3) is 0 Å². The van der Waals surface area contributed by atoms with E-state index in [0.29, 0.717) is 44.7 Å². The number of aryl methyl sites for hydroxylation is 10. The third kappa shape index (κ3) is 66.7. The Balaban J connectivity index is -0.000000119. The van der Waals surface area contributed by atoms with Crippen molar-refractivity contribution in [1.29, 1.82) is 0 Å². The first-order chi connectivity index (χ1) is 57.0. The maximum absolute atomic E-state index is 9.97. The molecule has 5 aromatic rings. The van der Waals surface area contributed by atoms with Gasteiger partial charge in [0.1, 0.15) is 115 Å². The Kier molecular flexibility index (Phi) is 94.6. The molecule has 0 fully saturated rings. The van der Waals surface area contributed by atoms with Crippen LogP contribution in [0.15, 0.2) is 134 Å². The molecule has 0 radical (unpaired) electrons. The quantitative estimate of drug-likeness (QED) is 0.0193. The van der Waals surface area contributed by atoms with Crippen molar-refractivity contribution in [3.63, 3.8) is 0 Å². The van der Waals surface area contributed by atoms with E-state index in [1.165, 1.54) is 12.8 Å². The van der Waals surface area contributed by atoms with Crippen LogP contribution in [0.2, 0.25) is 0 Å². The van der Waals surface area contributed by atoms with Crippen LogP contribution in [0.4, 0.5) is 0 Å². The Hall–Kier alpha value is -5.67. The van der Waals surface area contributed by atoms with Gasteiger partial charge in [-0.3, -0.25) is 0 Å². The number of rotatable bonds is 30. The van der Waals surface area contributed by atoms with Gasteiger partial charge in [-0.2, -0.15) is 12.6 Å². The zero-order valence-corrected chi connectivity index (χ0v) is 93.0. The summed E-state index contributed by atoms with van der Waals surface area (Å²) < 4.78 is 62.9. The Morgan fingerprint density at radius 1 is 0.363 bits per heavy atom. The predicted molar refractivity (Wildman–Crippen MR) is 545 cm³/mol. The number of allylic oxidation sites excluding steroid dienone is 6. The van der Waals surface area contributed by atoms with Crippen LogP contribution in [0.5, 0.6) is 57.5 Å². The van der Waals surface area contributed by atoms with E-state index in [1.54, 1.807) is 34.1 Å². The van der Waals surface area contributed by atoms with Gasteiger partial charge in [0.25, 0.3) is 0 Å². The number of aliphatic hydroxyl groups is 2. The summed E-state index contributed by atoms with van der Waals surface area (Å²) in [4.78, 5) is 0. The van der Waals surface area contributed by atoms with E-state index < -0.39 is 5.60 Å². The van der Waals surface area contributed by atoms with E-state index in [1.807, 2.05) is 322 Å². The number of hydrogen-bond acceptors (Lipinski definition) is 15. The SMILES string of the molecule is C/C=C/COc1cc(C)c(O)c(C)c1.C/C=C/COc1cc(C)c(OC(C)C(C)(C)C)c(C)c1.C/C=C/COc1cc(C)c(OC(C)C(C)(C)O)c(C)c1.C/C=C/COc1cc(C)c(OC(C)C(C)(C)OC)c(C)c1.C/C=C/COc1cc(C)c(OC(C)C(C)(C)S)c(C)c1.C=CC.CC.CC.CC.CC.CC.CCCC.CO.COC(C)(C)C(C)C.O.[H-].[K+]. The van der Waals surface area contributed by atoms with Gasteiger partial charge < -0.3 is 74.3 Å². The molecule has 0 amide bonds. The normalized spacial score (nSPS) is 11.5. The fraction of sp³-hybridized carbons (Fsp3) is 0.607. The smallest absolute Gasteiger partial charge is 1.00 e. The molecule has 0 aliphatic carbocycles. The molecule has 0 heterocycles. The molecule has 0 spiro atoms.